The summed E-state index contributed by atoms with van der Waals surface area (Å²) < 4.78 is 0. The Kier molecular flexibility index (Phi) is 3.74. The number of hydrogen-bond donors (Lipinski definition) is 1. The third-order valence-corrected chi connectivity index (χ3v) is 5.05. The third kappa shape index (κ3) is 2.76. The third-order valence-electron chi connectivity index (χ3n) is 3.32. The number of carbonyl (C=O) groups is 1. The Labute approximate surface area is 125 Å². The first-order chi connectivity index (χ1) is 9.16. The van der Waals surface area contributed by atoms with Gasteiger partial charge in [-0.3, -0.25) is 9.79 Å². The van der Waals surface area contributed by atoms with Crippen LogP contribution < -0.4 is 5.32 Å². The molecule has 1 aliphatic heterocycles. The van der Waals surface area contributed by atoms with Gasteiger partial charge in [0.2, 0.25) is 5.91 Å². The minimum atomic E-state index is -0.0140. The summed E-state index contributed by atoms with van der Waals surface area (Å²) in [5.41, 5.74) is 0.968. The second kappa shape index (κ2) is 5.35. The largest absolute Gasteiger partial charge is 0.305 e. The fraction of sp³-hybridized carbons (Fsp3) is 0.385. The van der Waals surface area contributed by atoms with E-state index in [0.717, 1.165) is 29.4 Å². The lowest BCUT2D eigenvalue weighted by atomic mass is 10.1. The monoisotopic (exact) mass is 314 g/mol. The molecule has 1 aromatic rings. The number of thioether (sulfide) groups is 1. The quantitative estimate of drug-likeness (QED) is 0.909. The van der Waals surface area contributed by atoms with Gasteiger partial charge >= 0.3 is 0 Å². The number of aliphatic imine (C=N–C) groups is 1. The van der Waals surface area contributed by atoms with Crippen LogP contribution in [0.5, 0.6) is 0 Å². The van der Waals surface area contributed by atoms with Crippen molar-refractivity contribution in [3.8, 4) is 0 Å². The Bertz CT molecular complexity index is 562. The molecule has 100 valence electrons. The van der Waals surface area contributed by atoms with E-state index >= 15 is 0 Å². The van der Waals surface area contributed by atoms with Gasteiger partial charge in [0.05, 0.1) is 16.6 Å². The lowest BCUT2D eigenvalue weighted by Gasteiger charge is -2.06. The SMILES string of the molecule is O=C(NC1=NCCS1)C1CC1c1cccc(Cl)c1Cl. The molecular formula is C13H12Cl2N2OS. The molecule has 3 rings (SSSR count). The van der Waals surface area contributed by atoms with Crippen molar-refractivity contribution < 1.29 is 4.79 Å². The summed E-state index contributed by atoms with van der Waals surface area (Å²) in [6.07, 6.45) is 0.823. The predicted octanol–water partition coefficient (Wildman–Crippen LogP) is 3.32. The summed E-state index contributed by atoms with van der Waals surface area (Å²) >= 11 is 13.8. The molecule has 0 radical (unpaired) electrons. The molecule has 1 aliphatic carbocycles. The molecule has 0 aromatic heterocycles. The van der Waals surface area contributed by atoms with Gasteiger partial charge < -0.3 is 5.32 Å². The summed E-state index contributed by atoms with van der Waals surface area (Å²) in [6.45, 7) is 0.786. The van der Waals surface area contributed by atoms with Gasteiger partial charge in [-0.05, 0) is 24.0 Å². The van der Waals surface area contributed by atoms with Crippen molar-refractivity contribution in [2.75, 3.05) is 12.3 Å². The number of amides is 1. The molecule has 2 aliphatic rings. The van der Waals surface area contributed by atoms with Gasteiger partial charge in [-0.15, -0.1) is 0 Å². The number of rotatable bonds is 2. The molecule has 1 heterocycles. The maximum absolute atomic E-state index is 12.1. The number of carbonyl (C=O) groups excluding carboxylic acids is 1. The van der Waals surface area contributed by atoms with Crippen LogP contribution in [0, 0.1) is 5.92 Å². The van der Waals surface area contributed by atoms with Gasteiger partial charge in [0, 0.05) is 11.7 Å². The Hall–Kier alpha value is -0.710. The van der Waals surface area contributed by atoms with Gasteiger partial charge in [-0.2, -0.15) is 0 Å². The van der Waals surface area contributed by atoms with E-state index in [2.05, 4.69) is 10.3 Å². The van der Waals surface area contributed by atoms with Crippen molar-refractivity contribution in [3.05, 3.63) is 33.8 Å². The summed E-state index contributed by atoms with van der Waals surface area (Å²) in [6, 6.07) is 5.57. The number of amidine groups is 1. The summed E-state index contributed by atoms with van der Waals surface area (Å²) in [5, 5.41) is 4.73. The zero-order chi connectivity index (χ0) is 13.4. The van der Waals surface area contributed by atoms with E-state index in [0.29, 0.717) is 10.0 Å². The maximum atomic E-state index is 12.1. The topological polar surface area (TPSA) is 41.5 Å². The lowest BCUT2D eigenvalue weighted by Crippen LogP contribution is -2.29. The highest BCUT2D eigenvalue weighted by Gasteiger charge is 2.45. The van der Waals surface area contributed by atoms with Gasteiger partial charge in [0.25, 0.3) is 0 Å². The van der Waals surface area contributed by atoms with Crippen molar-refractivity contribution in [2.24, 2.45) is 10.9 Å². The molecule has 1 saturated carbocycles. The first-order valence-electron chi connectivity index (χ1n) is 6.09. The van der Waals surface area contributed by atoms with E-state index in [-0.39, 0.29) is 17.7 Å². The molecule has 0 spiro atoms. The van der Waals surface area contributed by atoms with Crippen LogP contribution in [-0.2, 0) is 4.79 Å². The number of halogens is 2. The van der Waals surface area contributed by atoms with Crippen LogP contribution in [0.3, 0.4) is 0 Å². The highest BCUT2D eigenvalue weighted by atomic mass is 35.5. The molecule has 2 atom stereocenters. The van der Waals surface area contributed by atoms with Crippen molar-refractivity contribution >= 4 is 46.0 Å². The van der Waals surface area contributed by atoms with Crippen molar-refractivity contribution in [2.45, 2.75) is 12.3 Å². The minimum absolute atomic E-state index is 0.0140. The average molecular weight is 315 g/mol. The number of nitrogens with one attached hydrogen (secondary N) is 1. The molecule has 6 heteroatoms. The molecule has 1 amide bonds. The van der Waals surface area contributed by atoms with Crippen molar-refractivity contribution in [3.63, 3.8) is 0 Å². The van der Waals surface area contributed by atoms with Gasteiger partial charge in [0.15, 0.2) is 5.17 Å². The first-order valence-corrected chi connectivity index (χ1v) is 7.83. The number of benzene rings is 1. The summed E-state index contributed by atoms with van der Waals surface area (Å²) in [7, 11) is 0. The van der Waals surface area contributed by atoms with Crippen LogP contribution in [0.4, 0.5) is 0 Å². The van der Waals surface area contributed by atoms with E-state index in [4.69, 9.17) is 23.2 Å². The maximum Gasteiger partial charge on any atom is 0.229 e. The highest BCUT2D eigenvalue weighted by Crippen LogP contribution is 2.50. The van der Waals surface area contributed by atoms with E-state index < -0.39 is 0 Å². The van der Waals surface area contributed by atoms with Crippen LogP contribution in [0.2, 0.25) is 10.0 Å². The minimum Gasteiger partial charge on any atom is -0.305 e. The zero-order valence-corrected chi connectivity index (χ0v) is 12.4. The van der Waals surface area contributed by atoms with Crippen LogP contribution in [0.15, 0.2) is 23.2 Å². The van der Waals surface area contributed by atoms with Crippen molar-refractivity contribution in [1.82, 2.24) is 5.32 Å². The summed E-state index contributed by atoms with van der Waals surface area (Å²) in [4.78, 5) is 16.3. The van der Waals surface area contributed by atoms with Crippen LogP contribution in [0.25, 0.3) is 0 Å². The fourth-order valence-corrected chi connectivity index (χ4v) is 3.42. The predicted molar refractivity (Wildman–Crippen MR) is 80.2 cm³/mol. The molecule has 19 heavy (non-hydrogen) atoms. The molecule has 0 saturated heterocycles. The molecule has 2 unspecified atom stereocenters. The molecule has 3 nitrogen and oxygen atoms in total. The summed E-state index contributed by atoms with van der Waals surface area (Å²) in [5.74, 6) is 1.15. The molecule has 1 fully saturated rings. The Morgan fingerprint density at radius 2 is 2.26 bits per heavy atom. The highest BCUT2D eigenvalue weighted by molar-refractivity contribution is 8.14. The van der Waals surface area contributed by atoms with Crippen LogP contribution in [0.1, 0.15) is 17.9 Å². The second-order valence-electron chi connectivity index (χ2n) is 4.62. The Morgan fingerprint density at radius 3 is 3.00 bits per heavy atom. The average Bonchev–Trinajstić information content (AvgIpc) is 3.03. The van der Waals surface area contributed by atoms with Gasteiger partial charge in [-0.1, -0.05) is 47.1 Å². The normalized spacial score (nSPS) is 25.1. The standard InChI is InChI=1S/C13H12Cl2N2OS/c14-10-3-1-2-7(11(10)15)8-6-9(8)12(18)17-13-16-4-5-19-13/h1-3,8-9H,4-6H2,(H,16,17,18). The number of hydrogen-bond acceptors (Lipinski definition) is 3. The Morgan fingerprint density at radius 1 is 1.42 bits per heavy atom. The number of nitrogens with zero attached hydrogens (tertiary/aromatic N) is 1. The Balaban J connectivity index is 1.67. The van der Waals surface area contributed by atoms with E-state index in [1.807, 2.05) is 12.1 Å². The fourth-order valence-electron chi connectivity index (χ4n) is 2.24. The van der Waals surface area contributed by atoms with Crippen LogP contribution in [-0.4, -0.2) is 23.4 Å². The smallest absolute Gasteiger partial charge is 0.229 e. The van der Waals surface area contributed by atoms with E-state index in [1.165, 1.54) is 0 Å². The second-order valence-corrected chi connectivity index (χ2v) is 6.49. The van der Waals surface area contributed by atoms with Crippen molar-refractivity contribution in [1.29, 1.82) is 0 Å². The van der Waals surface area contributed by atoms with E-state index in [1.54, 1.807) is 17.8 Å². The van der Waals surface area contributed by atoms with Crippen LogP contribution >= 0.6 is 35.0 Å². The van der Waals surface area contributed by atoms with Gasteiger partial charge in [0.1, 0.15) is 0 Å². The van der Waals surface area contributed by atoms with Gasteiger partial charge in [-0.25, -0.2) is 0 Å². The molecule has 0 bridgehead atoms. The van der Waals surface area contributed by atoms with E-state index in [9.17, 15) is 4.79 Å². The zero-order valence-electron chi connectivity index (χ0n) is 10.0. The first kappa shape index (κ1) is 13.3. The molecular weight excluding hydrogens is 303 g/mol. The lowest BCUT2D eigenvalue weighted by molar-refractivity contribution is -0.120. The molecule has 1 aromatic carbocycles. The molecule has 1 N–H and O–H groups in total.